The number of halogens is 6. The maximum absolute atomic E-state index is 13.0. The molecule has 0 bridgehead atoms. The van der Waals surface area contributed by atoms with Gasteiger partial charge in [-0.3, -0.25) is 0 Å². The van der Waals surface area contributed by atoms with E-state index in [0.717, 1.165) is 10.7 Å². The van der Waals surface area contributed by atoms with E-state index in [9.17, 15) is 8.42 Å². The molecule has 0 aliphatic rings. The second kappa shape index (κ2) is 12.2. The summed E-state index contributed by atoms with van der Waals surface area (Å²) in [6.07, 6.45) is 0. The zero-order valence-electron chi connectivity index (χ0n) is 14.8. The van der Waals surface area contributed by atoms with Crippen molar-refractivity contribution in [2.75, 3.05) is 23.9 Å². The van der Waals surface area contributed by atoms with Crippen LogP contribution >= 0.6 is 95.6 Å². The number of hydrogen-bond acceptors (Lipinski definition) is 4. The molecule has 2 unspecified atom stereocenters. The molecule has 0 aliphatic heterocycles. The molecular formula is C18H16Br6O4S. The molecule has 0 fully saturated rings. The molecule has 11 heteroatoms. The highest BCUT2D eigenvalue weighted by atomic mass is 79.9. The van der Waals surface area contributed by atoms with Crippen molar-refractivity contribution >= 4 is 105 Å². The number of benzene rings is 2. The second-order valence-electron chi connectivity index (χ2n) is 5.81. The molecule has 2 atom stereocenters. The maximum Gasteiger partial charge on any atom is 0.206 e. The smallest absolute Gasteiger partial charge is 0.206 e. The van der Waals surface area contributed by atoms with E-state index >= 15 is 0 Å². The Morgan fingerprint density at radius 3 is 1.45 bits per heavy atom. The molecule has 0 saturated heterocycles. The Kier molecular flexibility index (Phi) is 11.0. The Hall–Kier alpha value is 0.870. The topological polar surface area (TPSA) is 52.6 Å². The molecule has 0 amide bonds. The molecule has 2 aromatic rings. The zero-order chi connectivity index (χ0) is 21.6. The van der Waals surface area contributed by atoms with Gasteiger partial charge in [0.25, 0.3) is 0 Å². The summed E-state index contributed by atoms with van der Waals surface area (Å²) in [6.45, 7) is 0.906. The summed E-state index contributed by atoms with van der Waals surface area (Å²) in [5.41, 5.74) is 0. The first-order chi connectivity index (χ1) is 13.7. The highest BCUT2D eigenvalue weighted by Gasteiger charge is 2.21. The normalized spacial score (nSPS) is 13.7. The van der Waals surface area contributed by atoms with Crippen molar-refractivity contribution in [3.05, 3.63) is 45.3 Å². The van der Waals surface area contributed by atoms with Crippen LogP contribution in [0.4, 0.5) is 0 Å². The predicted molar refractivity (Wildman–Crippen MR) is 138 cm³/mol. The Balaban J connectivity index is 2.21. The van der Waals surface area contributed by atoms with E-state index in [1.807, 2.05) is 0 Å². The van der Waals surface area contributed by atoms with Crippen LogP contribution in [0.5, 0.6) is 11.5 Å². The van der Waals surface area contributed by atoms with Crippen molar-refractivity contribution in [3.63, 3.8) is 0 Å². The minimum atomic E-state index is -3.69. The number of sulfone groups is 1. The van der Waals surface area contributed by atoms with Crippen molar-refractivity contribution in [3.8, 4) is 11.5 Å². The fourth-order valence-electron chi connectivity index (χ4n) is 2.12. The SMILES string of the molecule is O=S(=O)(c1ccc(OCC(Br)CBr)c(Br)c1)c1ccc(OCC(Br)CBr)c(Br)c1. The lowest BCUT2D eigenvalue weighted by Gasteiger charge is -2.13. The van der Waals surface area contributed by atoms with Crippen LogP contribution in [-0.4, -0.2) is 41.9 Å². The Labute approximate surface area is 221 Å². The van der Waals surface area contributed by atoms with Crippen LogP contribution in [0.3, 0.4) is 0 Å². The quantitative estimate of drug-likeness (QED) is 0.240. The first-order valence-electron chi connectivity index (χ1n) is 8.19. The molecule has 4 nitrogen and oxygen atoms in total. The van der Waals surface area contributed by atoms with Gasteiger partial charge in [0.2, 0.25) is 9.84 Å². The molecule has 29 heavy (non-hydrogen) atoms. The Bertz CT molecular complexity index is 868. The molecule has 2 rings (SSSR count). The summed E-state index contributed by atoms with van der Waals surface area (Å²) < 4.78 is 38.6. The third-order valence-corrected chi connectivity index (χ3v) is 11.1. The van der Waals surface area contributed by atoms with Gasteiger partial charge in [0.05, 0.1) is 28.4 Å². The third-order valence-electron chi connectivity index (χ3n) is 3.60. The van der Waals surface area contributed by atoms with Gasteiger partial charge in [-0.25, -0.2) is 8.42 Å². The third kappa shape index (κ3) is 7.46. The van der Waals surface area contributed by atoms with Gasteiger partial charge in [-0.15, -0.1) is 0 Å². The van der Waals surface area contributed by atoms with E-state index in [1.165, 1.54) is 12.1 Å². The molecule has 0 radical (unpaired) electrons. The summed E-state index contributed by atoms with van der Waals surface area (Å²) in [7, 11) is -3.69. The molecule has 0 heterocycles. The van der Waals surface area contributed by atoms with E-state index in [-0.39, 0.29) is 19.4 Å². The van der Waals surface area contributed by atoms with Crippen molar-refractivity contribution < 1.29 is 17.9 Å². The number of alkyl halides is 4. The molecule has 0 aliphatic carbocycles. The van der Waals surface area contributed by atoms with E-state index < -0.39 is 9.84 Å². The van der Waals surface area contributed by atoms with E-state index in [4.69, 9.17) is 9.47 Å². The van der Waals surface area contributed by atoms with Gasteiger partial charge in [-0.2, -0.15) is 0 Å². The van der Waals surface area contributed by atoms with Crippen molar-refractivity contribution in [2.45, 2.75) is 19.4 Å². The largest absolute Gasteiger partial charge is 0.491 e. The van der Waals surface area contributed by atoms with Crippen LogP contribution in [0.25, 0.3) is 0 Å². The summed E-state index contributed by atoms with van der Waals surface area (Å²) in [5, 5.41) is 1.50. The minimum Gasteiger partial charge on any atom is -0.491 e. The number of rotatable bonds is 10. The van der Waals surface area contributed by atoms with E-state index in [2.05, 4.69) is 95.6 Å². The highest BCUT2D eigenvalue weighted by molar-refractivity contribution is 9.12. The molecule has 160 valence electrons. The summed E-state index contributed by atoms with van der Waals surface area (Å²) in [6, 6.07) is 9.46. The molecule has 0 spiro atoms. The van der Waals surface area contributed by atoms with Gasteiger partial charge in [0.15, 0.2) is 0 Å². The Morgan fingerprint density at radius 1 is 0.759 bits per heavy atom. The molecule has 0 saturated carbocycles. The lowest BCUT2D eigenvalue weighted by Crippen LogP contribution is -2.13. The molecule has 0 N–H and O–H groups in total. The number of hydrogen-bond donors (Lipinski definition) is 0. The van der Waals surface area contributed by atoms with Crippen molar-refractivity contribution in [1.29, 1.82) is 0 Å². The first-order valence-corrected chi connectivity index (χ1v) is 15.3. The van der Waals surface area contributed by atoms with Crippen LogP contribution in [0, 0.1) is 0 Å². The first kappa shape index (κ1) is 26.1. The van der Waals surface area contributed by atoms with Gasteiger partial charge < -0.3 is 9.47 Å². The number of ether oxygens (including phenoxy) is 2. The van der Waals surface area contributed by atoms with Crippen LogP contribution in [0.2, 0.25) is 0 Å². The summed E-state index contributed by atoms with van der Waals surface area (Å²) >= 11 is 20.5. The predicted octanol–water partition coefficient (Wildman–Crippen LogP) is 7.12. The van der Waals surface area contributed by atoms with Gasteiger partial charge in [0.1, 0.15) is 24.7 Å². The van der Waals surface area contributed by atoms with Gasteiger partial charge in [-0.05, 0) is 68.3 Å². The summed E-state index contributed by atoms with van der Waals surface area (Å²) in [4.78, 5) is 0.663. The monoisotopic (exact) mass is 802 g/mol. The fourth-order valence-corrected chi connectivity index (χ4v) is 5.36. The van der Waals surface area contributed by atoms with Crippen LogP contribution < -0.4 is 9.47 Å². The van der Waals surface area contributed by atoms with E-state index in [0.29, 0.717) is 33.7 Å². The average molecular weight is 808 g/mol. The maximum atomic E-state index is 13.0. The van der Waals surface area contributed by atoms with Gasteiger partial charge in [0, 0.05) is 10.7 Å². The van der Waals surface area contributed by atoms with Crippen LogP contribution in [-0.2, 0) is 9.84 Å². The second-order valence-corrected chi connectivity index (χ2v) is 13.4. The Morgan fingerprint density at radius 2 is 1.14 bits per heavy atom. The molecular weight excluding hydrogens is 792 g/mol. The zero-order valence-corrected chi connectivity index (χ0v) is 25.1. The summed E-state index contributed by atoms with van der Waals surface area (Å²) in [5.74, 6) is 1.16. The highest BCUT2D eigenvalue weighted by Crippen LogP contribution is 2.34. The minimum absolute atomic E-state index is 0.158. The average Bonchev–Trinajstić information content (AvgIpc) is 2.71. The van der Waals surface area contributed by atoms with Crippen molar-refractivity contribution in [1.82, 2.24) is 0 Å². The van der Waals surface area contributed by atoms with Crippen LogP contribution in [0.15, 0.2) is 55.1 Å². The van der Waals surface area contributed by atoms with Gasteiger partial charge >= 0.3 is 0 Å². The van der Waals surface area contributed by atoms with Crippen molar-refractivity contribution in [2.24, 2.45) is 0 Å². The lowest BCUT2D eigenvalue weighted by atomic mass is 10.3. The fraction of sp³-hybridized carbons (Fsp3) is 0.333. The van der Waals surface area contributed by atoms with Gasteiger partial charge in [-0.1, -0.05) is 63.7 Å². The van der Waals surface area contributed by atoms with Crippen LogP contribution in [0.1, 0.15) is 0 Å². The molecule has 0 aromatic heterocycles. The lowest BCUT2D eigenvalue weighted by molar-refractivity contribution is 0.323. The van der Waals surface area contributed by atoms with E-state index in [1.54, 1.807) is 24.3 Å². The molecule has 2 aromatic carbocycles. The standard InChI is InChI=1S/C18H16Br6O4S/c19-7-11(21)9-27-17-3-1-13(5-15(17)23)29(25,26)14-2-4-18(16(24)6-14)28-10-12(22)8-20/h1-6,11-12H,7-10H2.